The van der Waals surface area contributed by atoms with Crippen LogP contribution in [0.2, 0.25) is 0 Å². The predicted molar refractivity (Wildman–Crippen MR) is 66.1 cm³/mol. The van der Waals surface area contributed by atoms with Gasteiger partial charge in [-0.2, -0.15) is 0 Å². The Morgan fingerprint density at radius 2 is 2.00 bits per heavy atom. The molecule has 0 fully saturated rings. The fourth-order valence-corrected chi connectivity index (χ4v) is 2.07. The van der Waals surface area contributed by atoms with Crippen LogP contribution in [0.3, 0.4) is 0 Å². The second-order valence-electron chi connectivity index (χ2n) is 3.78. The van der Waals surface area contributed by atoms with E-state index in [0.717, 1.165) is 11.1 Å². The van der Waals surface area contributed by atoms with Gasteiger partial charge in [0.15, 0.2) is 6.10 Å². The van der Waals surface area contributed by atoms with Gasteiger partial charge < -0.3 is 10.2 Å². The van der Waals surface area contributed by atoms with Crippen molar-refractivity contribution in [3.63, 3.8) is 0 Å². The van der Waals surface area contributed by atoms with Crippen molar-refractivity contribution in [2.24, 2.45) is 0 Å². The zero-order valence-corrected chi connectivity index (χ0v) is 10.9. The summed E-state index contributed by atoms with van der Waals surface area (Å²) in [6, 6.07) is 4.84. The summed E-state index contributed by atoms with van der Waals surface area (Å²) in [6.07, 6.45) is -1.31. The molecule has 0 heterocycles. The number of aliphatic hydroxyl groups excluding tert-OH is 1. The fraction of sp³-hybridized carbons (Fsp3) is 0.333. The van der Waals surface area contributed by atoms with Crippen molar-refractivity contribution in [1.29, 1.82) is 0 Å². The van der Waals surface area contributed by atoms with E-state index in [2.05, 4.69) is 15.9 Å². The Balaban J connectivity index is 3.12. The number of carbonyl (C=O) groups is 2. The highest BCUT2D eigenvalue weighted by atomic mass is 79.9. The van der Waals surface area contributed by atoms with Crippen molar-refractivity contribution in [1.82, 2.24) is 0 Å². The van der Waals surface area contributed by atoms with Crippen molar-refractivity contribution in [2.75, 3.05) is 0 Å². The molecular formula is C12H13BrO4. The molecular weight excluding hydrogens is 288 g/mol. The van der Waals surface area contributed by atoms with Gasteiger partial charge in [-0.05, 0) is 23.6 Å². The molecule has 17 heavy (non-hydrogen) atoms. The van der Waals surface area contributed by atoms with Gasteiger partial charge in [-0.1, -0.05) is 34.1 Å². The summed E-state index contributed by atoms with van der Waals surface area (Å²) in [5.41, 5.74) is 1.95. The van der Waals surface area contributed by atoms with Gasteiger partial charge >= 0.3 is 5.97 Å². The molecule has 0 aliphatic carbocycles. The maximum Gasteiger partial charge on any atom is 0.337 e. The third-order valence-electron chi connectivity index (χ3n) is 2.36. The van der Waals surface area contributed by atoms with Crippen LogP contribution in [-0.2, 0) is 21.3 Å². The van der Waals surface area contributed by atoms with E-state index in [4.69, 9.17) is 5.11 Å². The molecule has 1 aromatic rings. The zero-order valence-electron chi connectivity index (χ0n) is 9.31. The van der Waals surface area contributed by atoms with Crippen LogP contribution in [0.15, 0.2) is 18.2 Å². The van der Waals surface area contributed by atoms with Crippen molar-refractivity contribution in [3.8, 4) is 0 Å². The molecule has 1 aromatic carbocycles. The molecule has 0 saturated heterocycles. The fourth-order valence-electron chi connectivity index (χ4n) is 1.52. The lowest BCUT2D eigenvalue weighted by molar-refractivity contribution is -0.146. The third-order valence-corrected chi connectivity index (χ3v) is 2.97. The van der Waals surface area contributed by atoms with Gasteiger partial charge in [-0.3, -0.25) is 4.79 Å². The number of Topliss-reactive ketones (excluding diaryl/α,β-unsaturated/α-hetero) is 1. The second kappa shape index (κ2) is 5.93. The molecule has 0 saturated carbocycles. The number of rotatable bonds is 5. The summed E-state index contributed by atoms with van der Waals surface area (Å²) in [7, 11) is 0. The highest BCUT2D eigenvalue weighted by molar-refractivity contribution is 9.08. The van der Waals surface area contributed by atoms with E-state index in [0.29, 0.717) is 10.9 Å². The topological polar surface area (TPSA) is 74.6 Å². The minimum Gasteiger partial charge on any atom is -0.479 e. The molecule has 1 unspecified atom stereocenters. The van der Waals surface area contributed by atoms with E-state index < -0.39 is 12.1 Å². The van der Waals surface area contributed by atoms with Crippen LogP contribution in [0.1, 0.15) is 29.7 Å². The number of carboxylic acids is 1. The third kappa shape index (κ3) is 3.64. The zero-order chi connectivity index (χ0) is 13.0. The van der Waals surface area contributed by atoms with Crippen LogP contribution in [0.25, 0.3) is 0 Å². The standard InChI is InChI=1S/C12H13BrO4/c1-7(14)4-10-5-8(11(15)12(16)17)2-3-9(10)6-13/h2-3,5,11,15H,4,6H2,1H3,(H,16,17). The first-order valence-corrected chi connectivity index (χ1v) is 6.15. The van der Waals surface area contributed by atoms with Crippen molar-refractivity contribution in [3.05, 3.63) is 34.9 Å². The number of hydrogen-bond donors (Lipinski definition) is 2. The van der Waals surface area contributed by atoms with Crippen LogP contribution in [0.4, 0.5) is 0 Å². The van der Waals surface area contributed by atoms with Crippen LogP contribution in [0, 0.1) is 0 Å². The van der Waals surface area contributed by atoms with Crippen LogP contribution < -0.4 is 0 Å². The Hall–Kier alpha value is -1.20. The normalized spacial score (nSPS) is 12.2. The first-order valence-electron chi connectivity index (χ1n) is 5.03. The average molecular weight is 301 g/mol. The molecule has 0 spiro atoms. The van der Waals surface area contributed by atoms with Gasteiger partial charge in [-0.25, -0.2) is 4.79 Å². The second-order valence-corrected chi connectivity index (χ2v) is 4.34. The summed E-state index contributed by atoms with van der Waals surface area (Å²) < 4.78 is 0. The van der Waals surface area contributed by atoms with E-state index in [-0.39, 0.29) is 12.2 Å². The lowest BCUT2D eigenvalue weighted by Gasteiger charge is -2.11. The number of carboxylic acid groups (broad SMARTS) is 1. The summed E-state index contributed by atoms with van der Waals surface area (Å²) in [6.45, 7) is 1.47. The summed E-state index contributed by atoms with van der Waals surface area (Å²) >= 11 is 3.30. The molecule has 0 aliphatic heterocycles. The van der Waals surface area contributed by atoms with Gasteiger partial charge in [0, 0.05) is 11.8 Å². The number of hydrogen-bond acceptors (Lipinski definition) is 3. The number of halogens is 1. The van der Waals surface area contributed by atoms with Gasteiger partial charge in [0.05, 0.1) is 0 Å². The Morgan fingerprint density at radius 1 is 1.35 bits per heavy atom. The number of aliphatic carboxylic acids is 1. The van der Waals surface area contributed by atoms with Gasteiger partial charge in [-0.15, -0.1) is 0 Å². The van der Waals surface area contributed by atoms with Gasteiger partial charge in [0.2, 0.25) is 0 Å². The molecule has 0 radical (unpaired) electrons. The first kappa shape index (κ1) is 13.9. The van der Waals surface area contributed by atoms with Crippen molar-refractivity contribution in [2.45, 2.75) is 24.8 Å². The predicted octanol–water partition coefficient (Wildman–Crippen LogP) is 1.83. The number of alkyl halides is 1. The quantitative estimate of drug-likeness (QED) is 0.814. The van der Waals surface area contributed by atoms with Crippen LogP contribution in [0.5, 0.6) is 0 Å². The largest absolute Gasteiger partial charge is 0.479 e. The molecule has 0 aliphatic rings. The average Bonchev–Trinajstić information content (AvgIpc) is 2.27. The van der Waals surface area contributed by atoms with Crippen LogP contribution >= 0.6 is 15.9 Å². The van der Waals surface area contributed by atoms with E-state index >= 15 is 0 Å². The van der Waals surface area contributed by atoms with E-state index in [9.17, 15) is 14.7 Å². The SMILES string of the molecule is CC(=O)Cc1cc(C(O)C(=O)O)ccc1CBr. The molecule has 1 atom stereocenters. The number of aliphatic hydroxyl groups is 1. The number of ketones is 1. The summed E-state index contributed by atoms with van der Waals surface area (Å²) in [5.74, 6) is -1.31. The summed E-state index contributed by atoms with van der Waals surface area (Å²) in [5, 5.41) is 18.7. The minimum absolute atomic E-state index is 0.00540. The monoisotopic (exact) mass is 300 g/mol. The lowest BCUT2D eigenvalue weighted by Crippen LogP contribution is -2.11. The maximum absolute atomic E-state index is 11.1. The molecule has 2 N–H and O–H groups in total. The minimum atomic E-state index is -1.55. The maximum atomic E-state index is 11.1. The smallest absolute Gasteiger partial charge is 0.337 e. The van der Waals surface area contributed by atoms with Gasteiger partial charge in [0.1, 0.15) is 5.78 Å². The van der Waals surface area contributed by atoms with E-state index in [1.165, 1.54) is 6.92 Å². The van der Waals surface area contributed by atoms with E-state index in [1.54, 1.807) is 18.2 Å². The van der Waals surface area contributed by atoms with E-state index in [1.807, 2.05) is 0 Å². The molecule has 0 amide bonds. The Bertz CT molecular complexity index is 442. The van der Waals surface area contributed by atoms with Crippen molar-refractivity contribution >= 4 is 27.7 Å². The molecule has 4 nitrogen and oxygen atoms in total. The van der Waals surface area contributed by atoms with Crippen molar-refractivity contribution < 1.29 is 19.8 Å². The van der Waals surface area contributed by atoms with Gasteiger partial charge in [0.25, 0.3) is 0 Å². The Labute approximate surface area is 107 Å². The molecule has 5 heteroatoms. The molecule has 1 rings (SSSR count). The highest BCUT2D eigenvalue weighted by Crippen LogP contribution is 2.20. The highest BCUT2D eigenvalue weighted by Gasteiger charge is 2.17. The Morgan fingerprint density at radius 3 is 2.47 bits per heavy atom. The number of carbonyl (C=O) groups excluding carboxylic acids is 1. The van der Waals surface area contributed by atoms with Crippen LogP contribution in [-0.4, -0.2) is 22.0 Å². The number of benzene rings is 1. The lowest BCUT2D eigenvalue weighted by atomic mass is 9.98. The Kier molecular flexibility index (Phi) is 4.84. The molecule has 92 valence electrons. The molecule has 0 bridgehead atoms. The molecule has 0 aromatic heterocycles. The summed E-state index contributed by atoms with van der Waals surface area (Å²) in [4.78, 5) is 21.8. The first-order chi connectivity index (χ1) is 7.95.